The fraction of sp³-hybridized carbons (Fsp3) is 0.0952. The number of hydrogen-bond donors (Lipinski definition) is 2. The Bertz CT molecular complexity index is 1480. The molecule has 1 aromatic heterocycles. The van der Waals surface area contributed by atoms with Crippen molar-refractivity contribution in [1.29, 1.82) is 0 Å². The lowest BCUT2D eigenvalue weighted by Crippen LogP contribution is -2.28. The Morgan fingerprint density at radius 3 is 2.64 bits per heavy atom. The number of anilines is 1. The number of fused-ring (bicyclic) bond motifs is 1. The first kappa shape index (κ1) is 23.9. The first-order valence-corrected chi connectivity index (χ1v) is 13.2. The lowest BCUT2D eigenvalue weighted by atomic mass is 10.1. The highest BCUT2D eigenvalue weighted by molar-refractivity contribution is 9.10. The van der Waals surface area contributed by atoms with E-state index in [-0.39, 0.29) is 21.7 Å². The molecule has 0 aliphatic heterocycles. The van der Waals surface area contributed by atoms with Crippen LogP contribution in [0.1, 0.15) is 28.9 Å². The zero-order chi connectivity index (χ0) is 23.8. The molecular weight excluding hydrogens is 571 g/mol. The van der Waals surface area contributed by atoms with Crippen LogP contribution in [0.15, 0.2) is 64.0 Å². The minimum Gasteiger partial charge on any atom is -0.345 e. The van der Waals surface area contributed by atoms with Gasteiger partial charge in [0, 0.05) is 14.5 Å². The van der Waals surface area contributed by atoms with Gasteiger partial charge in [-0.1, -0.05) is 51.3 Å². The van der Waals surface area contributed by atoms with Gasteiger partial charge in [-0.3, -0.25) is 9.52 Å². The molecule has 170 valence electrons. The Balaban J connectivity index is 1.65. The van der Waals surface area contributed by atoms with Gasteiger partial charge in [0.15, 0.2) is 0 Å². The molecule has 12 heteroatoms. The maximum atomic E-state index is 13.2. The summed E-state index contributed by atoms with van der Waals surface area (Å²) in [6.07, 6.45) is 0. The number of rotatable bonds is 6. The Kier molecular flexibility index (Phi) is 6.92. The molecule has 0 bridgehead atoms. The average molecular weight is 586 g/mol. The molecule has 0 saturated heterocycles. The number of amides is 1. The zero-order valence-corrected chi connectivity index (χ0v) is 21.6. The lowest BCUT2D eigenvalue weighted by molar-refractivity contribution is 0.0941. The van der Waals surface area contributed by atoms with Crippen LogP contribution in [0.5, 0.6) is 0 Å². The van der Waals surface area contributed by atoms with Crippen LogP contribution in [0.2, 0.25) is 10.0 Å². The summed E-state index contributed by atoms with van der Waals surface area (Å²) < 4.78 is 37.6. The predicted octanol–water partition coefficient (Wildman–Crippen LogP) is 6.05. The van der Waals surface area contributed by atoms with Crippen molar-refractivity contribution in [3.05, 3.63) is 80.2 Å². The number of nitrogens with zero attached hydrogens (tertiary/aromatic N) is 2. The number of nitrogens with one attached hydrogen (secondary N) is 2. The predicted molar refractivity (Wildman–Crippen MR) is 135 cm³/mol. The van der Waals surface area contributed by atoms with Crippen molar-refractivity contribution in [2.45, 2.75) is 17.9 Å². The summed E-state index contributed by atoms with van der Waals surface area (Å²) in [5.41, 5.74) is 1.67. The van der Waals surface area contributed by atoms with Crippen molar-refractivity contribution < 1.29 is 13.2 Å². The third kappa shape index (κ3) is 5.15. The standard InChI is InChI=1S/C21H15BrCl2N4O3S2/c1-11(14-8-6-13(23)10-16(14)24)25-21(29)15-7-5-12(22)9-18(15)28-33(30,31)19-4-2-3-17-20(19)27-32-26-17/h2-11,28H,1H3,(H,25,29)/t11-/m1/s1. The first-order chi connectivity index (χ1) is 15.7. The second-order valence-electron chi connectivity index (χ2n) is 7.04. The third-order valence-electron chi connectivity index (χ3n) is 4.79. The van der Waals surface area contributed by atoms with E-state index in [4.69, 9.17) is 23.2 Å². The monoisotopic (exact) mass is 584 g/mol. The molecule has 0 radical (unpaired) electrons. The minimum atomic E-state index is -4.06. The van der Waals surface area contributed by atoms with Crippen LogP contribution in [-0.2, 0) is 10.0 Å². The second-order valence-corrected chi connectivity index (χ2v) is 11.0. The van der Waals surface area contributed by atoms with Crippen LogP contribution >= 0.6 is 50.9 Å². The molecule has 0 saturated carbocycles. The van der Waals surface area contributed by atoms with Gasteiger partial charge in [0.25, 0.3) is 15.9 Å². The van der Waals surface area contributed by atoms with E-state index in [0.29, 0.717) is 25.6 Å². The molecule has 1 atom stereocenters. The Morgan fingerprint density at radius 2 is 1.88 bits per heavy atom. The molecule has 0 spiro atoms. The number of carbonyl (C=O) groups is 1. The molecule has 1 amide bonds. The minimum absolute atomic E-state index is 0.0265. The highest BCUT2D eigenvalue weighted by Gasteiger charge is 2.23. The molecule has 7 nitrogen and oxygen atoms in total. The molecule has 2 N–H and O–H groups in total. The van der Waals surface area contributed by atoms with Gasteiger partial charge in [-0.2, -0.15) is 8.75 Å². The van der Waals surface area contributed by atoms with Crippen LogP contribution < -0.4 is 10.0 Å². The van der Waals surface area contributed by atoms with E-state index in [0.717, 1.165) is 11.7 Å². The Labute approximate surface area is 212 Å². The van der Waals surface area contributed by atoms with Gasteiger partial charge in [-0.05, 0) is 55.0 Å². The van der Waals surface area contributed by atoms with E-state index in [1.165, 1.54) is 18.2 Å². The summed E-state index contributed by atoms with van der Waals surface area (Å²) in [6.45, 7) is 1.77. The fourth-order valence-electron chi connectivity index (χ4n) is 3.20. The van der Waals surface area contributed by atoms with E-state index < -0.39 is 22.0 Å². The SMILES string of the molecule is C[C@@H](NC(=O)c1ccc(Br)cc1NS(=O)(=O)c1cccc2nsnc12)c1ccc(Cl)cc1Cl. The maximum absolute atomic E-state index is 13.2. The van der Waals surface area contributed by atoms with Crippen LogP contribution in [0.4, 0.5) is 5.69 Å². The van der Waals surface area contributed by atoms with E-state index in [1.54, 1.807) is 43.3 Å². The highest BCUT2D eigenvalue weighted by Crippen LogP contribution is 2.29. The highest BCUT2D eigenvalue weighted by atomic mass is 79.9. The maximum Gasteiger partial charge on any atom is 0.264 e. The normalized spacial score (nSPS) is 12.5. The number of carbonyl (C=O) groups excluding carboxylic acids is 1. The molecule has 0 fully saturated rings. The van der Waals surface area contributed by atoms with Gasteiger partial charge in [0.05, 0.1) is 29.0 Å². The molecule has 33 heavy (non-hydrogen) atoms. The number of benzene rings is 3. The first-order valence-electron chi connectivity index (χ1n) is 9.45. The van der Waals surface area contributed by atoms with Gasteiger partial charge in [0.1, 0.15) is 15.9 Å². The third-order valence-corrected chi connectivity index (χ3v) is 7.78. The van der Waals surface area contributed by atoms with Crippen LogP contribution in [0, 0.1) is 0 Å². The number of halogens is 3. The van der Waals surface area contributed by atoms with E-state index >= 15 is 0 Å². The van der Waals surface area contributed by atoms with Crippen LogP contribution in [0.3, 0.4) is 0 Å². The second kappa shape index (κ2) is 9.55. The number of hydrogen-bond acceptors (Lipinski definition) is 6. The zero-order valence-electron chi connectivity index (χ0n) is 16.8. The summed E-state index contributed by atoms with van der Waals surface area (Å²) >= 11 is 16.5. The summed E-state index contributed by atoms with van der Waals surface area (Å²) in [4.78, 5) is 13.1. The van der Waals surface area contributed by atoms with E-state index in [1.807, 2.05) is 0 Å². The summed E-state index contributed by atoms with van der Waals surface area (Å²) in [7, 11) is -4.06. The lowest BCUT2D eigenvalue weighted by Gasteiger charge is -2.18. The Morgan fingerprint density at radius 1 is 1.09 bits per heavy atom. The Hall–Kier alpha value is -2.24. The molecule has 1 heterocycles. The summed E-state index contributed by atoms with van der Waals surface area (Å²) in [6, 6.07) is 13.9. The molecular formula is C21H15BrCl2N4O3S2. The smallest absolute Gasteiger partial charge is 0.264 e. The molecule has 3 aromatic carbocycles. The molecule has 0 aliphatic rings. The van der Waals surface area contributed by atoms with Gasteiger partial charge < -0.3 is 5.32 Å². The van der Waals surface area contributed by atoms with Crippen molar-refractivity contribution >= 4 is 83.5 Å². The van der Waals surface area contributed by atoms with Crippen molar-refractivity contribution in [2.24, 2.45) is 0 Å². The van der Waals surface area contributed by atoms with E-state index in [2.05, 4.69) is 34.7 Å². The average Bonchev–Trinajstić information content (AvgIpc) is 3.22. The van der Waals surface area contributed by atoms with Crippen LogP contribution in [0.25, 0.3) is 11.0 Å². The number of aromatic nitrogens is 2. The van der Waals surface area contributed by atoms with Crippen LogP contribution in [-0.4, -0.2) is 23.1 Å². The molecule has 0 unspecified atom stereocenters. The van der Waals surface area contributed by atoms with Crippen molar-refractivity contribution in [2.75, 3.05) is 4.72 Å². The fourth-order valence-corrected chi connectivity index (χ4v) is 5.97. The number of sulfonamides is 1. The molecule has 0 aliphatic carbocycles. The summed E-state index contributed by atoms with van der Waals surface area (Å²) in [5.74, 6) is -0.479. The quantitative estimate of drug-likeness (QED) is 0.287. The molecule has 4 rings (SSSR count). The van der Waals surface area contributed by atoms with Gasteiger partial charge in [-0.25, -0.2) is 8.42 Å². The van der Waals surface area contributed by atoms with E-state index in [9.17, 15) is 13.2 Å². The van der Waals surface area contributed by atoms with Gasteiger partial charge >= 0.3 is 0 Å². The van der Waals surface area contributed by atoms with Gasteiger partial charge in [-0.15, -0.1) is 0 Å². The topological polar surface area (TPSA) is 101 Å². The summed E-state index contributed by atoms with van der Waals surface area (Å²) in [5, 5.41) is 3.74. The van der Waals surface area contributed by atoms with Crippen molar-refractivity contribution in [1.82, 2.24) is 14.1 Å². The molecule has 4 aromatic rings. The van der Waals surface area contributed by atoms with Gasteiger partial charge in [0.2, 0.25) is 0 Å². The van der Waals surface area contributed by atoms with Crippen molar-refractivity contribution in [3.8, 4) is 0 Å². The van der Waals surface area contributed by atoms with Crippen molar-refractivity contribution in [3.63, 3.8) is 0 Å². The largest absolute Gasteiger partial charge is 0.345 e.